The van der Waals surface area contributed by atoms with Crippen LogP contribution in [0.3, 0.4) is 0 Å². The Morgan fingerprint density at radius 3 is 2.62 bits per heavy atom. The number of hydrazine groups is 1. The van der Waals surface area contributed by atoms with Crippen molar-refractivity contribution in [2.45, 2.75) is 52.0 Å². The van der Waals surface area contributed by atoms with Crippen molar-refractivity contribution in [3.63, 3.8) is 0 Å². The molecule has 39 heavy (non-hydrogen) atoms. The van der Waals surface area contributed by atoms with Gasteiger partial charge in [0, 0.05) is 36.5 Å². The number of carbonyl (C=O) groups excluding carboxylic acids is 2. The van der Waals surface area contributed by atoms with E-state index >= 15 is 0 Å². The number of nitrogens with zero attached hydrogens (tertiary/aromatic N) is 3. The number of carboxylic acid groups (broad SMARTS) is 1. The summed E-state index contributed by atoms with van der Waals surface area (Å²) in [4.78, 5) is 42.5. The Morgan fingerprint density at radius 2 is 1.90 bits per heavy atom. The summed E-state index contributed by atoms with van der Waals surface area (Å²) in [6.45, 7) is 4.94. The number of fused-ring (bicyclic) bond motifs is 1. The average molecular weight is 551 g/mol. The maximum absolute atomic E-state index is 13.8. The van der Waals surface area contributed by atoms with Gasteiger partial charge in [-0.05, 0) is 49.1 Å². The van der Waals surface area contributed by atoms with Crippen molar-refractivity contribution in [1.82, 2.24) is 15.0 Å². The van der Waals surface area contributed by atoms with E-state index < -0.39 is 17.9 Å². The lowest BCUT2D eigenvalue weighted by atomic mass is 9.95. The fraction of sp³-hybridized carbons (Fsp3) is 0.379. The Morgan fingerprint density at radius 1 is 1.10 bits per heavy atom. The second-order valence-electron chi connectivity index (χ2n) is 9.24. The zero-order valence-corrected chi connectivity index (χ0v) is 23.1. The molecule has 9 nitrogen and oxygen atoms in total. The van der Waals surface area contributed by atoms with Gasteiger partial charge in [-0.3, -0.25) is 19.6 Å². The molecule has 2 N–H and O–H groups in total. The third-order valence-corrected chi connectivity index (χ3v) is 7.44. The Balaban J connectivity index is 1.63. The molecule has 206 valence electrons. The highest BCUT2D eigenvalue weighted by atomic mass is 32.1. The van der Waals surface area contributed by atoms with Crippen molar-refractivity contribution in [2.24, 2.45) is 0 Å². The first-order valence-electron chi connectivity index (χ1n) is 13.3. The van der Waals surface area contributed by atoms with Gasteiger partial charge in [-0.15, -0.1) is 0 Å². The van der Waals surface area contributed by atoms with E-state index in [1.165, 1.54) is 11.3 Å². The van der Waals surface area contributed by atoms with Crippen molar-refractivity contribution < 1.29 is 24.2 Å². The van der Waals surface area contributed by atoms with Crippen LogP contribution in [0.5, 0.6) is 0 Å². The molecule has 2 aromatic heterocycles. The van der Waals surface area contributed by atoms with Crippen LogP contribution >= 0.6 is 11.3 Å². The van der Waals surface area contributed by atoms with E-state index in [-0.39, 0.29) is 17.2 Å². The molecule has 4 rings (SSSR count). The number of pyridine rings is 1. The zero-order valence-electron chi connectivity index (χ0n) is 22.3. The number of amides is 1. The molecular formula is C29H34N4O5S. The minimum atomic E-state index is -1.15. The van der Waals surface area contributed by atoms with Crippen LogP contribution in [0, 0.1) is 0 Å². The number of aromatic nitrogens is 1. The van der Waals surface area contributed by atoms with E-state index in [2.05, 4.69) is 10.3 Å². The number of likely N-dealkylation sites (N-methyl/N-ethyl adjacent to an activating group) is 1. The molecule has 3 aromatic rings. The Hall–Kier alpha value is -3.76. The quantitative estimate of drug-likeness (QED) is 0.216. The van der Waals surface area contributed by atoms with E-state index in [9.17, 15) is 19.5 Å². The summed E-state index contributed by atoms with van der Waals surface area (Å²) in [5, 5.41) is 22.7. The van der Waals surface area contributed by atoms with E-state index in [0.717, 1.165) is 42.0 Å². The summed E-state index contributed by atoms with van der Waals surface area (Å²) >= 11 is 1.49. The van der Waals surface area contributed by atoms with Gasteiger partial charge >= 0.3 is 11.9 Å². The summed E-state index contributed by atoms with van der Waals surface area (Å²) in [7, 11) is 0. The third kappa shape index (κ3) is 6.46. The highest BCUT2D eigenvalue weighted by Crippen LogP contribution is 2.39. The van der Waals surface area contributed by atoms with Gasteiger partial charge in [0.15, 0.2) is 0 Å². The van der Waals surface area contributed by atoms with Crippen LogP contribution in [0.4, 0.5) is 5.69 Å². The second-order valence-corrected chi connectivity index (χ2v) is 10.0. The maximum atomic E-state index is 13.8. The van der Waals surface area contributed by atoms with Gasteiger partial charge < -0.3 is 15.2 Å². The zero-order chi connectivity index (χ0) is 27.8. The minimum absolute atomic E-state index is 0.0124. The fourth-order valence-corrected chi connectivity index (χ4v) is 5.63. The summed E-state index contributed by atoms with van der Waals surface area (Å²) in [5.74, 6) is -1.73. The molecule has 1 aromatic carbocycles. The monoisotopic (exact) mass is 550 g/mol. The molecular weight excluding hydrogens is 516 g/mol. The summed E-state index contributed by atoms with van der Waals surface area (Å²) in [6, 6.07) is 8.90. The van der Waals surface area contributed by atoms with Gasteiger partial charge in [-0.25, -0.2) is 9.80 Å². The number of ether oxygens (including phenoxy) is 1. The van der Waals surface area contributed by atoms with E-state index in [0.29, 0.717) is 31.8 Å². The molecule has 1 amide bonds. The minimum Gasteiger partial charge on any atom is -0.478 e. The number of aliphatic carboxylic acids is 1. The van der Waals surface area contributed by atoms with Crippen LogP contribution in [-0.4, -0.2) is 57.7 Å². The molecule has 0 aliphatic carbocycles. The molecule has 1 aliphatic heterocycles. The van der Waals surface area contributed by atoms with Gasteiger partial charge in [0.1, 0.15) is 5.70 Å². The van der Waals surface area contributed by atoms with Gasteiger partial charge in [-0.2, -0.15) is 11.3 Å². The van der Waals surface area contributed by atoms with Gasteiger partial charge in [0.2, 0.25) is 0 Å². The number of nitrogens with one attached hydrogen (secondary N) is 1. The number of esters is 1. The summed E-state index contributed by atoms with van der Waals surface area (Å²) in [5.41, 5.74) is 1.45. The van der Waals surface area contributed by atoms with Crippen molar-refractivity contribution in [3.8, 4) is 0 Å². The maximum Gasteiger partial charge on any atom is 0.335 e. The predicted molar refractivity (Wildman–Crippen MR) is 151 cm³/mol. The highest BCUT2D eigenvalue weighted by Gasteiger charge is 2.43. The molecule has 0 radical (unpaired) electrons. The number of hydrogen-bond donors (Lipinski definition) is 2. The molecule has 1 unspecified atom stereocenters. The molecule has 1 atom stereocenters. The smallest absolute Gasteiger partial charge is 0.335 e. The second kappa shape index (κ2) is 13.3. The standard InChI is InChI=1S/C29H34N4O5S/c1-3-32-28(35)26(31-23-18-30-17-20-11-8-9-12-22(20)23)25(29(36)37)27(21-14-16-39-19-21)33(32)15-10-6-5-7-13-24(34)38-4-2/h8-9,11-12,14,16-19,27,31H,3-7,10,13,15H2,1-2H3,(H,36,37). The number of carbonyl (C=O) groups is 3. The molecule has 3 heterocycles. The first-order valence-corrected chi connectivity index (χ1v) is 14.2. The van der Waals surface area contributed by atoms with Crippen LogP contribution in [0.15, 0.2) is 64.8 Å². The van der Waals surface area contributed by atoms with Gasteiger partial charge in [0.25, 0.3) is 5.91 Å². The van der Waals surface area contributed by atoms with E-state index in [4.69, 9.17) is 4.74 Å². The number of carboxylic acids is 1. The average Bonchev–Trinajstić information content (AvgIpc) is 3.46. The molecule has 0 saturated carbocycles. The van der Waals surface area contributed by atoms with Crippen molar-refractivity contribution in [1.29, 1.82) is 0 Å². The van der Waals surface area contributed by atoms with Crippen LogP contribution in [0.1, 0.15) is 57.6 Å². The summed E-state index contributed by atoms with van der Waals surface area (Å²) in [6.07, 6.45) is 6.90. The number of hydrogen-bond acceptors (Lipinski definition) is 8. The number of benzene rings is 1. The number of rotatable bonds is 13. The fourth-order valence-electron chi connectivity index (χ4n) is 4.96. The molecule has 1 aliphatic rings. The SMILES string of the molecule is CCOC(=O)CCCCCCN1C(c2ccsc2)C(C(=O)O)=C(Nc2cncc3ccccc23)C(=O)N1CC. The number of anilines is 1. The van der Waals surface area contributed by atoms with Crippen LogP contribution in [0.2, 0.25) is 0 Å². The number of thiophene rings is 1. The largest absolute Gasteiger partial charge is 0.478 e. The molecule has 0 fully saturated rings. The molecule has 0 bridgehead atoms. The van der Waals surface area contributed by atoms with Crippen LogP contribution in [-0.2, 0) is 19.1 Å². The Labute approximate surface area is 232 Å². The first-order chi connectivity index (χ1) is 19.0. The molecule has 0 spiro atoms. The first kappa shape index (κ1) is 28.3. The van der Waals surface area contributed by atoms with Crippen molar-refractivity contribution in [3.05, 3.63) is 70.3 Å². The van der Waals surface area contributed by atoms with Gasteiger partial charge in [-0.1, -0.05) is 37.1 Å². The molecule has 10 heteroatoms. The summed E-state index contributed by atoms with van der Waals surface area (Å²) < 4.78 is 4.99. The number of unbranched alkanes of at least 4 members (excludes halogenated alkanes) is 3. The lowest BCUT2D eigenvalue weighted by Gasteiger charge is -2.44. The Kier molecular flexibility index (Phi) is 9.67. The van der Waals surface area contributed by atoms with Crippen molar-refractivity contribution >= 4 is 45.6 Å². The van der Waals surface area contributed by atoms with Gasteiger partial charge in [0.05, 0.1) is 30.1 Å². The predicted octanol–water partition coefficient (Wildman–Crippen LogP) is 5.38. The normalized spacial score (nSPS) is 16.1. The van der Waals surface area contributed by atoms with Crippen LogP contribution in [0.25, 0.3) is 10.8 Å². The third-order valence-electron chi connectivity index (χ3n) is 6.74. The Bertz CT molecular complexity index is 1340. The lowest BCUT2D eigenvalue weighted by Crippen LogP contribution is -2.55. The van der Waals surface area contributed by atoms with Crippen molar-refractivity contribution in [2.75, 3.05) is 25.0 Å². The topological polar surface area (TPSA) is 112 Å². The van der Waals surface area contributed by atoms with E-state index in [1.807, 2.05) is 53.0 Å². The highest BCUT2D eigenvalue weighted by molar-refractivity contribution is 7.08. The van der Waals surface area contributed by atoms with E-state index in [1.54, 1.807) is 24.3 Å². The molecule has 0 saturated heterocycles. The lowest BCUT2D eigenvalue weighted by molar-refractivity contribution is -0.154. The van der Waals surface area contributed by atoms with Crippen LogP contribution < -0.4 is 5.32 Å².